The molecule has 0 amide bonds. The van der Waals surface area contributed by atoms with Crippen molar-refractivity contribution in [2.45, 2.75) is 38.8 Å². The van der Waals surface area contributed by atoms with E-state index in [1.807, 2.05) is 12.3 Å². The smallest absolute Gasteiger partial charge is 0.142 e. The maximum Gasteiger partial charge on any atom is 0.142 e. The maximum absolute atomic E-state index is 5.80. The number of nitrogens with one attached hydrogen (secondary N) is 2. The molecule has 3 heterocycles. The summed E-state index contributed by atoms with van der Waals surface area (Å²) in [6.07, 6.45) is 5.90. The number of hydrogen-bond donors (Lipinski definition) is 2. The normalized spacial score (nSPS) is 23.9. The Labute approximate surface area is 112 Å². The molecule has 0 bridgehead atoms. The van der Waals surface area contributed by atoms with E-state index in [4.69, 9.17) is 4.74 Å². The molecule has 3 rings (SSSR count). The molecule has 0 saturated carbocycles. The number of rotatable bonds is 3. The zero-order valence-electron chi connectivity index (χ0n) is 11.4. The summed E-state index contributed by atoms with van der Waals surface area (Å²) in [6.45, 7) is 5.24. The van der Waals surface area contributed by atoms with Gasteiger partial charge in [-0.25, -0.2) is 9.97 Å². The number of nitrogens with zero attached hydrogens (tertiary/aromatic N) is 2. The molecule has 1 saturated heterocycles. The van der Waals surface area contributed by atoms with Gasteiger partial charge in [0.25, 0.3) is 0 Å². The van der Waals surface area contributed by atoms with Crippen molar-refractivity contribution in [1.82, 2.24) is 15.0 Å². The molecule has 2 atom stereocenters. The minimum absolute atomic E-state index is 0.342. The van der Waals surface area contributed by atoms with E-state index < -0.39 is 0 Å². The lowest BCUT2D eigenvalue weighted by molar-refractivity contribution is -0.0161. The van der Waals surface area contributed by atoms with Crippen LogP contribution in [-0.4, -0.2) is 33.7 Å². The second kappa shape index (κ2) is 5.17. The van der Waals surface area contributed by atoms with E-state index in [-0.39, 0.29) is 0 Å². The van der Waals surface area contributed by atoms with Crippen molar-refractivity contribution in [1.29, 1.82) is 0 Å². The third kappa shape index (κ3) is 2.56. The zero-order chi connectivity index (χ0) is 13.2. The van der Waals surface area contributed by atoms with Crippen molar-refractivity contribution in [3.63, 3.8) is 0 Å². The van der Waals surface area contributed by atoms with Crippen LogP contribution in [0, 0.1) is 5.92 Å². The Kier molecular flexibility index (Phi) is 3.38. The van der Waals surface area contributed by atoms with Crippen molar-refractivity contribution in [2.75, 3.05) is 11.9 Å². The third-order valence-electron chi connectivity index (χ3n) is 3.75. The van der Waals surface area contributed by atoms with Gasteiger partial charge in [0, 0.05) is 18.8 Å². The monoisotopic (exact) mass is 260 g/mol. The molecule has 1 fully saturated rings. The summed E-state index contributed by atoms with van der Waals surface area (Å²) in [5, 5.41) is 4.59. The number of ether oxygens (including phenoxy) is 1. The van der Waals surface area contributed by atoms with Crippen LogP contribution < -0.4 is 5.32 Å². The van der Waals surface area contributed by atoms with Gasteiger partial charge in [0.15, 0.2) is 0 Å². The van der Waals surface area contributed by atoms with Gasteiger partial charge in [-0.05, 0) is 24.8 Å². The van der Waals surface area contributed by atoms with Gasteiger partial charge in [0.05, 0.1) is 11.5 Å². The summed E-state index contributed by atoms with van der Waals surface area (Å²) in [5.41, 5.74) is 0.880. The first kappa shape index (κ1) is 12.4. The molecule has 5 nitrogen and oxygen atoms in total. The molecule has 102 valence electrons. The van der Waals surface area contributed by atoms with Gasteiger partial charge in [0.1, 0.15) is 17.8 Å². The predicted molar refractivity (Wildman–Crippen MR) is 75.1 cm³/mol. The second-order valence-electron chi connectivity index (χ2n) is 5.48. The largest absolute Gasteiger partial charge is 0.378 e. The Morgan fingerprint density at radius 2 is 2.32 bits per heavy atom. The maximum atomic E-state index is 5.80. The molecule has 0 aromatic carbocycles. The molecule has 2 aromatic heterocycles. The third-order valence-corrected chi connectivity index (χ3v) is 3.75. The minimum atomic E-state index is 0.342. The summed E-state index contributed by atoms with van der Waals surface area (Å²) < 4.78 is 5.80. The fraction of sp³-hybridized carbons (Fsp3) is 0.571. The minimum Gasteiger partial charge on any atom is -0.378 e. The topological polar surface area (TPSA) is 62.8 Å². The Morgan fingerprint density at radius 1 is 1.42 bits per heavy atom. The molecule has 1 aliphatic heterocycles. The molecule has 2 aromatic rings. The molecule has 0 aliphatic carbocycles. The summed E-state index contributed by atoms with van der Waals surface area (Å²) in [7, 11) is 0. The molecule has 0 radical (unpaired) electrons. The van der Waals surface area contributed by atoms with E-state index >= 15 is 0 Å². The molecule has 19 heavy (non-hydrogen) atoms. The van der Waals surface area contributed by atoms with Gasteiger partial charge >= 0.3 is 0 Å². The van der Waals surface area contributed by atoms with Crippen molar-refractivity contribution >= 4 is 16.9 Å². The highest BCUT2D eigenvalue weighted by Gasteiger charge is 2.25. The van der Waals surface area contributed by atoms with E-state index in [1.54, 1.807) is 6.33 Å². The first-order valence-corrected chi connectivity index (χ1v) is 6.90. The SMILES string of the molecule is CC(C)[C@@H]1C[C@@H](Nc2ncnc3[nH]ccc23)CCO1. The fourth-order valence-electron chi connectivity index (χ4n) is 2.60. The molecular formula is C14H20N4O. The van der Waals surface area contributed by atoms with Crippen molar-refractivity contribution in [3.05, 3.63) is 18.6 Å². The van der Waals surface area contributed by atoms with Crippen LogP contribution in [0.2, 0.25) is 0 Å². The number of aromatic amines is 1. The zero-order valence-corrected chi connectivity index (χ0v) is 11.4. The Hall–Kier alpha value is -1.62. The first-order chi connectivity index (χ1) is 9.24. The lowest BCUT2D eigenvalue weighted by Gasteiger charge is -2.32. The van der Waals surface area contributed by atoms with Crippen LogP contribution in [-0.2, 0) is 4.74 Å². The Balaban J connectivity index is 1.75. The van der Waals surface area contributed by atoms with E-state index in [2.05, 4.69) is 34.1 Å². The highest BCUT2D eigenvalue weighted by Crippen LogP contribution is 2.25. The summed E-state index contributed by atoms with van der Waals surface area (Å²) in [4.78, 5) is 11.7. The summed E-state index contributed by atoms with van der Waals surface area (Å²) in [5.74, 6) is 1.47. The van der Waals surface area contributed by atoms with Crippen LogP contribution in [0.4, 0.5) is 5.82 Å². The van der Waals surface area contributed by atoms with Crippen LogP contribution in [0.15, 0.2) is 18.6 Å². The van der Waals surface area contributed by atoms with E-state index in [0.717, 1.165) is 36.3 Å². The van der Waals surface area contributed by atoms with Gasteiger partial charge < -0.3 is 15.0 Å². The van der Waals surface area contributed by atoms with Gasteiger partial charge in [-0.1, -0.05) is 13.8 Å². The van der Waals surface area contributed by atoms with Crippen LogP contribution in [0.1, 0.15) is 26.7 Å². The average molecular weight is 260 g/mol. The lowest BCUT2D eigenvalue weighted by atomic mass is 9.95. The number of H-pyrrole nitrogens is 1. The second-order valence-corrected chi connectivity index (χ2v) is 5.48. The Morgan fingerprint density at radius 3 is 3.16 bits per heavy atom. The van der Waals surface area contributed by atoms with Crippen LogP contribution in [0.5, 0.6) is 0 Å². The summed E-state index contributed by atoms with van der Waals surface area (Å²) in [6, 6.07) is 2.44. The van der Waals surface area contributed by atoms with Crippen LogP contribution in [0.3, 0.4) is 0 Å². The highest BCUT2D eigenvalue weighted by molar-refractivity contribution is 5.86. The average Bonchev–Trinajstić information content (AvgIpc) is 2.88. The van der Waals surface area contributed by atoms with Crippen molar-refractivity contribution in [2.24, 2.45) is 5.92 Å². The number of aromatic nitrogens is 3. The molecule has 0 unspecified atom stereocenters. The van der Waals surface area contributed by atoms with Crippen molar-refractivity contribution < 1.29 is 4.74 Å². The lowest BCUT2D eigenvalue weighted by Crippen LogP contribution is -2.36. The predicted octanol–water partition coefficient (Wildman–Crippen LogP) is 2.57. The number of anilines is 1. The van der Waals surface area contributed by atoms with E-state index in [1.165, 1.54) is 0 Å². The number of fused-ring (bicyclic) bond motifs is 1. The standard InChI is InChI=1S/C14H20N4O/c1-9(2)12-7-10(4-6-19-12)18-14-11-3-5-15-13(11)16-8-17-14/h3,5,8-10,12H,4,6-7H2,1-2H3,(H2,15,16,17,18)/t10-,12-/m0/s1. The quantitative estimate of drug-likeness (QED) is 0.890. The number of hydrogen-bond acceptors (Lipinski definition) is 4. The van der Waals surface area contributed by atoms with Gasteiger partial charge in [0.2, 0.25) is 0 Å². The van der Waals surface area contributed by atoms with Gasteiger partial charge in [-0.15, -0.1) is 0 Å². The van der Waals surface area contributed by atoms with E-state index in [9.17, 15) is 0 Å². The first-order valence-electron chi connectivity index (χ1n) is 6.90. The van der Waals surface area contributed by atoms with Crippen molar-refractivity contribution in [3.8, 4) is 0 Å². The molecular weight excluding hydrogens is 240 g/mol. The molecule has 2 N–H and O–H groups in total. The molecule has 5 heteroatoms. The van der Waals surface area contributed by atoms with Crippen LogP contribution >= 0.6 is 0 Å². The molecule has 0 spiro atoms. The Bertz CT molecular complexity index is 551. The fourth-order valence-corrected chi connectivity index (χ4v) is 2.60. The summed E-state index contributed by atoms with van der Waals surface area (Å²) >= 11 is 0. The highest BCUT2D eigenvalue weighted by atomic mass is 16.5. The van der Waals surface area contributed by atoms with Gasteiger partial charge in [-0.3, -0.25) is 0 Å². The van der Waals surface area contributed by atoms with Crippen LogP contribution in [0.25, 0.3) is 11.0 Å². The van der Waals surface area contributed by atoms with E-state index in [0.29, 0.717) is 18.1 Å². The van der Waals surface area contributed by atoms with Gasteiger partial charge in [-0.2, -0.15) is 0 Å². The molecule has 1 aliphatic rings.